The molecule has 110 valence electrons. The van der Waals surface area contributed by atoms with Crippen molar-refractivity contribution in [2.45, 2.75) is 12.5 Å². The van der Waals surface area contributed by atoms with Crippen molar-refractivity contribution in [1.29, 1.82) is 0 Å². The van der Waals surface area contributed by atoms with Crippen molar-refractivity contribution < 1.29 is 20.1 Å². The predicted molar refractivity (Wildman–Crippen MR) is 77.8 cm³/mol. The minimum absolute atomic E-state index is 0.0472. The second kappa shape index (κ2) is 5.54. The van der Waals surface area contributed by atoms with Crippen molar-refractivity contribution in [2.75, 3.05) is 13.2 Å². The summed E-state index contributed by atoms with van der Waals surface area (Å²) in [6.45, 7) is 1.20. The van der Waals surface area contributed by atoms with Gasteiger partial charge in [0.25, 0.3) is 0 Å². The lowest BCUT2D eigenvalue weighted by atomic mass is 9.94. The van der Waals surface area contributed by atoms with Crippen molar-refractivity contribution in [1.82, 2.24) is 5.32 Å². The van der Waals surface area contributed by atoms with Gasteiger partial charge < -0.3 is 25.4 Å². The minimum Gasteiger partial charge on any atom is -0.508 e. The molecule has 5 heteroatoms. The van der Waals surface area contributed by atoms with Gasteiger partial charge in [-0.05, 0) is 60.5 Å². The Bertz CT molecular complexity index is 639. The highest BCUT2D eigenvalue weighted by atomic mass is 16.5. The van der Waals surface area contributed by atoms with Crippen molar-refractivity contribution in [3.05, 3.63) is 47.5 Å². The molecular formula is C16H17NO4. The van der Waals surface area contributed by atoms with Gasteiger partial charge in [-0.2, -0.15) is 0 Å². The molecule has 1 atom stereocenters. The first-order valence-corrected chi connectivity index (χ1v) is 6.83. The number of rotatable bonds is 3. The van der Waals surface area contributed by atoms with E-state index in [-0.39, 0.29) is 23.3 Å². The van der Waals surface area contributed by atoms with Gasteiger partial charge in [0.1, 0.15) is 18.1 Å². The van der Waals surface area contributed by atoms with Gasteiger partial charge in [0.05, 0.1) is 6.04 Å². The number of hydrogen-bond acceptors (Lipinski definition) is 5. The minimum atomic E-state index is -0.118. The lowest BCUT2D eigenvalue weighted by molar-refractivity contribution is 0.260. The molecule has 0 radical (unpaired) electrons. The number of benzene rings is 2. The highest BCUT2D eigenvalue weighted by Crippen LogP contribution is 2.33. The van der Waals surface area contributed by atoms with Crippen LogP contribution in [0.25, 0.3) is 0 Å². The van der Waals surface area contributed by atoms with Crippen LogP contribution in [0.5, 0.6) is 23.0 Å². The van der Waals surface area contributed by atoms with Crippen molar-refractivity contribution in [3.63, 3.8) is 0 Å². The van der Waals surface area contributed by atoms with Crippen LogP contribution in [-0.4, -0.2) is 28.5 Å². The second-order valence-electron chi connectivity index (χ2n) is 5.10. The zero-order valence-corrected chi connectivity index (χ0v) is 11.4. The fourth-order valence-electron chi connectivity index (χ4n) is 2.54. The fraction of sp³-hybridized carbons (Fsp3) is 0.250. The quantitative estimate of drug-likeness (QED) is 0.650. The summed E-state index contributed by atoms with van der Waals surface area (Å²) in [5.74, 6) is 0.662. The maximum Gasteiger partial charge on any atom is 0.157 e. The maximum atomic E-state index is 9.66. The monoisotopic (exact) mass is 287 g/mol. The van der Waals surface area contributed by atoms with Gasteiger partial charge in [-0.25, -0.2) is 0 Å². The Morgan fingerprint density at radius 2 is 1.76 bits per heavy atom. The number of aromatic hydroxyl groups is 3. The number of nitrogens with one attached hydrogen (secondary N) is 1. The number of ether oxygens (including phenoxy) is 1. The first-order valence-electron chi connectivity index (χ1n) is 6.83. The maximum absolute atomic E-state index is 9.66. The smallest absolute Gasteiger partial charge is 0.157 e. The van der Waals surface area contributed by atoms with Crippen LogP contribution in [0.2, 0.25) is 0 Å². The molecule has 1 heterocycles. The molecule has 1 unspecified atom stereocenters. The van der Waals surface area contributed by atoms with Gasteiger partial charge >= 0.3 is 0 Å². The zero-order valence-electron chi connectivity index (χ0n) is 11.4. The zero-order chi connectivity index (χ0) is 14.8. The standard InChI is InChI=1S/C16H17NO4/c18-11-1-3-12(4-2-11)21-9-14-13-8-16(20)15(19)7-10(13)5-6-17-14/h1-4,7-8,14,17-20H,5-6,9H2. The number of phenolic OH excluding ortho intramolecular Hbond substituents is 3. The lowest BCUT2D eigenvalue weighted by Gasteiger charge is -2.27. The summed E-state index contributed by atoms with van der Waals surface area (Å²) in [7, 11) is 0. The Labute approximate surface area is 122 Å². The molecule has 0 aliphatic carbocycles. The van der Waals surface area contributed by atoms with Crippen LogP contribution in [0.3, 0.4) is 0 Å². The molecular weight excluding hydrogens is 270 g/mol. The summed E-state index contributed by atoms with van der Waals surface area (Å²) in [4.78, 5) is 0. The van der Waals surface area contributed by atoms with E-state index in [0.717, 1.165) is 24.1 Å². The summed E-state index contributed by atoms with van der Waals surface area (Å²) in [5.41, 5.74) is 1.96. The van der Waals surface area contributed by atoms with Crippen molar-refractivity contribution >= 4 is 0 Å². The fourth-order valence-corrected chi connectivity index (χ4v) is 2.54. The van der Waals surface area contributed by atoms with E-state index in [1.165, 1.54) is 0 Å². The highest BCUT2D eigenvalue weighted by molar-refractivity contribution is 5.47. The van der Waals surface area contributed by atoms with Crippen LogP contribution in [0.1, 0.15) is 17.2 Å². The Morgan fingerprint density at radius 3 is 2.52 bits per heavy atom. The molecule has 21 heavy (non-hydrogen) atoms. The van der Waals surface area contributed by atoms with Crippen molar-refractivity contribution in [3.8, 4) is 23.0 Å². The molecule has 0 saturated heterocycles. The van der Waals surface area contributed by atoms with E-state index in [2.05, 4.69) is 5.32 Å². The van der Waals surface area contributed by atoms with E-state index in [9.17, 15) is 15.3 Å². The molecule has 4 N–H and O–H groups in total. The molecule has 1 aliphatic heterocycles. The Morgan fingerprint density at radius 1 is 1.05 bits per heavy atom. The van der Waals surface area contributed by atoms with Gasteiger partial charge in [0, 0.05) is 0 Å². The second-order valence-corrected chi connectivity index (χ2v) is 5.10. The topological polar surface area (TPSA) is 82.0 Å². The molecule has 0 spiro atoms. The summed E-state index contributed by atoms with van der Waals surface area (Å²) in [6, 6.07) is 9.69. The highest BCUT2D eigenvalue weighted by Gasteiger charge is 2.22. The summed E-state index contributed by atoms with van der Waals surface area (Å²) < 4.78 is 5.71. The Kier molecular flexibility index (Phi) is 3.58. The molecule has 0 aromatic heterocycles. The number of fused-ring (bicyclic) bond motifs is 1. The van der Waals surface area contributed by atoms with Gasteiger partial charge in [0.2, 0.25) is 0 Å². The molecule has 1 aliphatic rings. The third-order valence-electron chi connectivity index (χ3n) is 3.65. The number of hydrogen-bond donors (Lipinski definition) is 4. The van der Waals surface area contributed by atoms with Gasteiger partial charge in [-0.15, -0.1) is 0 Å². The largest absolute Gasteiger partial charge is 0.508 e. The predicted octanol–water partition coefficient (Wildman–Crippen LogP) is 2.07. The van der Waals surface area contributed by atoms with E-state index >= 15 is 0 Å². The summed E-state index contributed by atoms with van der Waals surface area (Å²) in [6.07, 6.45) is 0.804. The molecule has 0 amide bonds. The summed E-state index contributed by atoms with van der Waals surface area (Å²) >= 11 is 0. The molecule has 0 bridgehead atoms. The van der Waals surface area contributed by atoms with Crippen LogP contribution in [0.4, 0.5) is 0 Å². The molecule has 0 saturated carbocycles. The Hall–Kier alpha value is -2.40. The Balaban J connectivity index is 1.76. The van der Waals surface area contributed by atoms with Gasteiger partial charge in [-0.1, -0.05) is 0 Å². The van der Waals surface area contributed by atoms with E-state index in [1.54, 1.807) is 36.4 Å². The van der Waals surface area contributed by atoms with Gasteiger partial charge in [0.15, 0.2) is 11.5 Å². The molecule has 3 rings (SSSR count). The number of phenols is 3. The van der Waals surface area contributed by atoms with Crippen LogP contribution < -0.4 is 10.1 Å². The third kappa shape index (κ3) is 2.87. The molecule has 0 fully saturated rings. The van der Waals surface area contributed by atoms with E-state index in [1.807, 2.05) is 0 Å². The molecule has 5 nitrogen and oxygen atoms in total. The van der Waals surface area contributed by atoms with E-state index in [0.29, 0.717) is 12.4 Å². The first kappa shape index (κ1) is 13.6. The normalized spacial score (nSPS) is 17.2. The van der Waals surface area contributed by atoms with Gasteiger partial charge in [-0.3, -0.25) is 0 Å². The van der Waals surface area contributed by atoms with Crippen LogP contribution in [0.15, 0.2) is 36.4 Å². The summed E-state index contributed by atoms with van der Waals surface area (Å²) in [5, 5.41) is 31.8. The van der Waals surface area contributed by atoms with Crippen LogP contribution in [-0.2, 0) is 6.42 Å². The van der Waals surface area contributed by atoms with E-state index in [4.69, 9.17) is 4.74 Å². The molecule has 2 aromatic carbocycles. The molecule has 2 aromatic rings. The third-order valence-corrected chi connectivity index (χ3v) is 3.65. The van der Waals surface area contributed by atoms with Crippen LogP contribution in [0, 0.1) is 0 Å². The van der Waals surface area contributed by atoms with E-state index < -0.39 is 0 Å². The average Bonchev–Trinajstić information content (AvgIpc) is 2.48. The van der Waals surface area contributed by atoms with Crippen LogP contribution >= 0.6 is 0 Å². The average molecular weight is 287 g/mol. The SMILES string of the molecule is Oc1ccc(OCC2NCCc3cc(O)c(O)cc32)cc1. The lowest BCUT2D eigenvalue weighted by Crippen LogP contribution is -2.33. The van der Waals surface area contributed by atoms with Crippen molar-refractivity contribution in [2.24, 2.45) is 0 Å². The first-order chi connectivity index (χ1) is 10.1.